The van der Waals surface area contributed by atoms with Crippen molar-refractivity contribution in [1.29, 1.82) is 0 Å². The van der Waals surface area contributed by atoms with Gasteiger partial charge in [0.1, 0.15) is 5.82 Å². The average molecular weight is 280 g/mol. The fourth-order valence-electron chi connectivity index (χ4n) is 2.04. The van der Waals surface area contributed by atoms with Crippen LogP contribution in [-0.4, -0.2) is 71.7 Å². The van der Waals surface area contributed by atoms with Crippen molar-refractivity contribution in [2.75, 3.05) is 44.7 Å². The van der Waals surface area contributed by atoms with Crippen LogP contribution >= 0.6 is 0 Å². The maximum atomic E-state index is 11.4. The van der Waals surface area contributed by atoms with Crippen molar-refractivity contribution in [3.8, 4) is 0 Å². The van der Waals surface area contributed by atoms with Crippen molar-refractivity contribution < 1.29 is 19.4 Å². The maximum Gasteiger partial charge on any atom is 0.376 e. The normalized spacial score (nSPS) is 15.9. The van der Waals surface area contributed by atoms with E-state index in [1.54, 1.807) is 6.07 Å². The molecule has 1 saturated heterocycles. The first-order valence-electron chi connectivity index (χ1n) is 6.20. The third-order valence-corrected chi connectivity index (χ3v) is 3.06. The zero-order chi connectivity index (χ0) is 14.5. The summed E-state index contributed by atoms with van der Waals surface area (Å²) in [5, 5.41) is 8.75. The first kappa shape index (κ1) is 14.2. The molecule has 1 aromatic heterocycles. The number of aromatic nitrogens is 2. The second-order valence-electron chi connectivity index (χ2n) is 4.39. The molecule has 1 aliphatic rings. The van der Waals surface area contributed by atoms with Gasteiger partial charge in [-0.05, 0) is 6.07 Å². The van der Waals surface area contributed by atoms with Gasteiger partial charge < -0.3 is 14.7 Å². The number of hydrogen-bond donors (Lipinski definition) is 1. The van der Waals surface area contributed by atoms with Crippen molar-refractivity contribution in [3.63, 3.8) is 0 Å². The van der Waals surface area contributed by atoms with Crippen molar-refractivity contribution in [2.45, 2.75) is 0 Å². The van der Waals surface area contributed by atoms with E-state index < -0.39 is 11.9 Å². The predicted octanol–water partition coefficient (Wildman–Crippen LogP) is -0.530. The van der Waals surface area contributed by atoms with E-state index in [9.17, 15) is 9.59 Å². The molecule has 1 fully saturated rings. The van der Waals surface area contributed by atoms with Crippen LogP contribution in [-0.2, 0) is 9.53 Å². The molecular weight excluding hydrogens is 264 g/mol. The van der Waals surface area contributed by atoms with Crippen molar-refractivity contribution in [3.05, 3.63) is 18.1 Å². The minimum Gasteiger partial charge on any atom is -0.480 e. The number of ether oxygens (including phenoxy) is 1. The van der Waals surface area contributed by atoms with Gasteiger partial charge in [-0.1, -0.05) is 0 Å². The molecule has 108 valence electrons. The highest BCUT2D eigenvalue weighted by Crippen LogP contribution is 2.13. The Labute approximate surface area is 116 Å². The van der Waals surface area contributed by atoms with E-state index in [1.807, 2.05) is 9.80 Å². The zero-order valence-corrected chi connectivity index (χ0v) is 11.2. The summed E-state index contributed by atoms with van der Waals surface area (Å²) in [5.41, 5.74) is 0. The van der Waals surface area contributed by atoms with Gasteiger partial charge in [-0.3, -0.25) is 9.69 Å². The first-order chi connectivity index (χ1) is 9.60. The number of piperazine rings is 1. The van der Waals surface area contributed by atoms with Gasteiger partial charge in [0.15, 0.2) is 0 Å². The molecule has 8 heteroatoms. The van der Waals surface area contributed by atoms with Crippen molar-refractivity contribution in [1.82, 2.24) is 14.9 Å². The van der Waals surface area contributed by atoms with Crippen LogP contribution in [0.5, 0.6) is 0 Å². The summed E-state index contributed by atoms with van der Waals surface area (Å²) < 4.78 is 4.58. The molecular formula is C12H16N4O4. The SMILES string of the molecule is COC(=O)c1nccc(N2CCN(CC(=O)O)CC2)n1. The number of carbonyl (C=O) groups excluding carboxylic acids is 1. The van der Waals surface area contributed by atoms with Crippen LogP contribution in [0.1, 0.15) is 10.6 Å². The van der Waals surface area contributed by atoms with Crippen LogP contribution in [0.2, 0.25) is 0 Å². The minimum absolute atomic E-state index is 0.0259. The van der Waals surface area contributed by atoms with Crippen molar-refractivity contribution in [2.24, 2.45) is 0 Å². The zero-order valence-electron chi connectivity index (χ0n) is 11.2. The second-order valence-corrected chi connectivity index (χ2v) is 4.39. The van der Waals surface area contributed by atoms with Gasteiger partial charge in [0.05, 0.1) is 13.7 Å². The molecule has 0 radical (unpaired) electrons. The fraction of sp³-hybridized carbons (Fsp3) is 0.500. The fourth-order valence-corrected chi connectivity index (χ4v) is 2.04. The molecule has 20 heavy (non-hydrogen) atoms. The summed E-state index contributed by atoms with van der Waals surface area (Å²) in [4.78, 5) is 33.9. The first-order valence-corrected chi connectivity index (χ1v) is 6.20. The van der Waals surface area contributed by atoms with Gasteiger partial charge in [0.2, 0.25) is 5.82 Å². The molecule has 0 aromatic carbocycles. The van der Waals surface area contributed by atoms with E-state index in [4.69, 9.17) is 5.11 Å². The molecule has 1 aromatic rings. The van der Waals surface area contributed by atoms with Gasteiger partial charge in [0.25, 0.3) is 0 Å². The number of nitrogens with zero attached hydrogens (tertiary/aromatic N) is 4. The van der Waals surface area contributed by atoms with E-state index in [2.05, 4.69) is 14.7 Å². The number of carboxylic acid groups (broad SMARTS) is 1. The van der Waals surface area contributed by atoms with E-state index in [0.29, 0.717) is 32.0 Å². The number of anilines is 1. The van der Waals surface area contributed by atoms with Gasteiger partial charge in [0, 0.05) is 32.4 Å². The number of carboxylic acids is 1. The standard InChI is InChI=1S/C12H16N4O4/c1-20-12(19)11-13-3-2-9(14-11)16-6-4-15(5-7-16)8-10(17)18/h2-3H,4-8H2,1H3,(H,17,18). The van der Waals surface area contributed by atoms with E-state index in [0.717, 1.165) is 0 Å². The Balaban J connectivity index is 2.00. The lowest BCUT2D eigenvalue weighted by molar-refractivity contribution is -0.138. The molecule has 1 aliphatic heterocycles. The predicted molar refractivity (Wildman–Crippen MR) is 69.7 cm³/mol. The Bertz CT molecular complexity index is 500. The lowest BCUT2D eigenvalue weighted by atomic mass is 10.3. The van der Waals surface area contributed by atoms with Crippen molar-refractivity contribution >= 4 is 17.8 Å². The Morgan fingerprint density at radius 3 is 2.65 bits per heavy atom. The maximum absolute atomic E-state index is 11.4. The molecule has 0 spiro atoms. The highest BCUT2D eigenvalue weighted by Gasteiger charge is 2.20. The number of methoxy groups -OCH3 is 1. The molecule has 0 amide bonds. The van der Waals surface area contributed by atoms with Gasteiger partial charge >= 0.3 is 11.9 Å². The largest absolute Gasteiger partial charge is 0.480 e. The van der Waals surface area contributed by atoms with Gasteiger partial charge in [-0.15, -0.1) is 0 Å². The van der Waals surface area contributed by atoms with Crippen LogP contribution in [0.3, 0.4) is 0 Å². The number of aliphatic carboxylic acids is 1. The summed E-state index contributed by atoms with van der Waals surface area (Å²) in [5.74, 6) is -0.724. The molecule has 0 aliphatic carbocycles. The lowest BCUT2D eigenvalue weighted by Crippen LogP contribution is -2.48. The van der Waals surface area contributed by atoms with Crippen LogP contribution in [0, 0.1) is 0 Å². The van der Waals surface area contributed by atoms with E-state index in [-0.39, 0.29) is 12.4 Å². The quantitative estimate of drug-likeness (QED) is 0.735. The number of esters is 1. The van der Waals surface area contributed by atoms with Crippen LogP contribution in [0.4, 0.5) is 5.82 Å². The molecule has 0 bridgehead atoms. The molecule has 0 saturated carbocycles. The van der Waals surface area contributed by atoms with Gasteiger partial charge in [-0.2, -0.15) is 0 Å². The highest BCUT2D eigenvalue weighted by atomic mass is 16.5. The van der Waals surface area contributed by atoms with Gasteiger partial charge in [-0.25, -0.2) is 14.8 Å². The summed E-state index contributed by atoms with van der Waals surface area (Å²) in [6.07, 6.45) is 1.51. The number of rotatable bonds is 4. The average Bonchev–Trinajstić information content (AvgIpc) is 2.47. The Kier molecular flexibility index (Phi) is 4.46. The Morgan fingerprint density at radius 1 is 1.35 bits per heavy atom. The van der Waals surface area contributed by atoms with Crippen LogP contribution < -0.4 is 4.90 Å². The third kappa shape index (κ3) is 3.41. The molecule has 0 atom stereocenters. The molecule has 2 heterocycles. The highest BCUT2D eigenvalue weighted by molar-refractivity contribution is 5.85. The molecule has 0 unspecified atom stereocenters. The monoisotopic (exact) mass is 280 g/mol. The van der Waals surface area contributed by atoms with Crippen LogP contribution in [0.15, 0.2) is 12.3 Å². The minimum atomic E-state index is -0.825. The smallest absolute Gasteiger partial charge is 0.376 e. The molecule has 1 N–H and O–H groups in total. The molecule has 8 nitrogen and oxygen atoms in total. The molecule has 2 rings (SSSR count). The number of hydrogen-bond acceptors (Lipinski definition) is 7. The summed E-state index contributed by atoms with van der Waals surface area (Å²) in [6, 6.07) is 1.72. The lowest BCUT2D eigenvalue weighted by Gasteiger charge is -2.34. The second kappa shape index (κ2) is 6.29. The van der Waals surface area contributed by atoms with E-state index >= 15 is 0 Å². The Hall–Kier alpha value is -2.22. The summed E-state index contributed by atoms with van der Waals surface area (Å²) in [6.45, 7) is 2.65. The third-order valence-electron chi connectivity index (χ3n) is 3.06. The van der Waals surface area contributed by atoms with E-state index in [1.165, 1.54) is 13.3 Å². The summed E-state index contributed by atoms with van der Waals surface area (Å²) in [7, 11) is 1.28. The topological polar surface area (TPSA) is 95.9 Å². The number of carbonyl (C=O) groups is 2. The Morgan fingerprint density at radius 2 is 2.05 bits per heavy atom. The summed E-state index contributed by atoms with van der Waals surface area (Å²) >= 11 is 0. The van der Waals surface area contributed by atoms with Crippen LogP contribution in [0.25, 0.3) is 0 Å².